The van der Waals surface area contributed by atoms with Gasteiger partial charge in [-0.15, -0.1) is 10.2 Å². The number of hydrogen-bond acceptors (Lipinski definition) is 8. The first-order valence-electron chi connectivity index (χ1n) is 6.98. The molecule has 2 amide bonds. The van der Waals surface area contributed by atoms with Crippen molar-refractivity contribution in [2.45, 2.75) is 4.34 Å². The molecule has 2 aromatic rings. The van der Waals surface area contributed by atoms with Gasteiger partial charge in [0.2, 0.25) is 11.0 Å². The maximum atomic E-state index is 12.0. The fourth-order valence-electron chi connectivity index (χ4n) is 1.72. The molecule has 8 nitrogen and oxygen atoms in total. The number of rotatable bonds is 9. The van der Waals surface area contributed by atoms with Crippen molar-refractivity contribution >= 4 is 45.7 Å². The number of carbonyl (C=O) groups excluding carboxylic acids is 2. The Labute approximate surface area is 147 Å². The topological polar surface area (TPSA) is 119 Å². The number of anilines is 2. The van der Waals surface area contributed by atoms with Gasteiger partial charge in [-0.3, -0.25) is 9.59 Å². The minimum atomic E-state index is -0.588. The minimum Gasteiger partial charge on any atom is -0.383 e. The lowest BCUT2D eigenvalue weighted by Gasteiger charge is -2.07. The van der Waals surface area contributed by atoms with Gasteiger partial charge in [0, 0.05) is 13.7 Å². The number of thioether (sulfide) groups is 1. The molecular weight excluding hydrogens is 350 g/mol. The Morgan fingerprint density at radius 1 is 1.33 bits per heavy atom. The lowest BCUT2D eigenvalue weighted by atomic mass is 10.1. The van der Waals surface area contributed by atoms with E-state index in [2.05, 4.69) is 20.8 Å². The number of aromatic nitrogens is 2. The fourth-order valence-corrected chi connectivity index (χ4v) is 3.30. The van der Waals surface area contributed by atoms with Crippen molar-refractivity contribution in [3.8, 4) is 0 Å². The van der Waals surface area contributed by atoms with Crippen molar-refractivity contribution in [3.05, 3.63) is 29.8 Å². The number of nitrogens with one attached hydrogen (secondary N) is 2. The highest BCUT2D eigenvalue weighted by molar-refractivity contribution is 8.01. The van der Waals surface area contributed by atoms with E-state index in [1.807, 2.05) is 0 Å². The molecule has 0 aliphatic heterocycles. The summed E-state index contributed by atoms with van der Waals surface area (Å²) in [7, 11) is 1.62. The summed E-state index contributed by atoms with van der Waals surface area (Å²) in [4.78, 5) is 23.3. The molecule has 10 heteroatoms. The second-order valence-corrected chi connectivity index (χ2v) is 6.74. The summed E-state index contributed by atoms with van der Waals surface area (Å²) in [5, 5.41) is 14.4. The molecule has 0 spiro atoms. The number of ether oxygens (including phenoxy) is 1. The van der Waals surface area contributed by atoms with Crippen LogP contribution in [0.3, 0.4) is 0 Å². The van der Waals surface area contributed by atoms with Gasteiger partial charge in [-0.25, -0.2) is 0 Å². The number of carbonyl (C=O) groups is 2. The third-order valence-corrected chi connectivity index (χ3v) is 4.80. The standard InChI is InChI=1S/C14H17N5O3S2/c1-22-7-6-16-13-18-19-14(24-13)23-8-11(20)17-10-5-3-2-4-9(10)12(15)21/h2-5H,6-8H2,1H3,(H2,15,21)(H,16,18)(H,17,20). The van der Waals surface area contributed by atoms with E-state index in [1.165, 1.54) is 23.1 Å². The van der Waals surface area contributed by atoms with Gasteiger partial charge in [-0.2, -0.15) is 0 Å². The molecule has 1 aromatic carbocycles. The maximum Gasteiger partial charge on any atom is 0.250 e. The number of nitrogens with zero attached hydrogens (tertiary/aromatic N) is 2. The van der Waals surface area contributed by atoms with E-state index in [-0.39, 0.29) is 17.2 Å². The van der Waals surface area contributed by atoms with Crippen molar-refractivity contribution in [3.63, 3.8) is 0 Å². The third kappa shape index (κ3) is 5.48. The quantitative estimate of drug-likeness (QED) is 0.453. The van der Waals surface area contributed by atoms with E-state index in [1.54, 1.807) is 31.4 Å². The average Bonchev–Trinajstić information content (AvgIpc) is 3.01. The number of hydrogen-bond donors (Lipinski definition) is 3. The monoisotopic (exact) mass is 367 g/mol. The molecule has 24 heavy (non-hydrogen) atoms. The van der Waals surface area contributed by atoms with Crippen LogP contribution in [0, 0.1) is 0 Å². The molecule has 128 valence electrons. The van der Waals surface area contributed by atoms with Crippen LogP contribution in [0.15, 0.2) is 28.6 Å². The minimum absolute atomic E-state index is 0.153. The van der Waals surface area contributed by atoms with Crippen LogP contribution in [0.1, 0.15) is 10.4 Å². The zero-order chi connectivity index (χ0) is 17.4. The van der Waals surface area contributed by atoms with Gasteiger partial charge in [0.1, 0.15) is 0 Å². The Morgan fingerprint density at radius 2 is 2.12 bits per heavy atom. The Balaban J connectivity index is 1.84. The maximum absolute atomic E-state index is 12.0. The molecule has 0 aliphatic rings. The van der Waals surface area contributed by atoms with Crippen molar-refractivity contribution in [2.24, 2.45) is 5.73 Å². The number of amides is 2. The highest BCUT2D eigenvalue weighted by Crippen LogP contribution is 2.25. The fraction of sp³-hybridized carbons (Fsp3) is 0.286. The lowest BCUT2D eigenvalue weighted by molar-refractivity contribution is -0.113. The molecule has 0 fully saturated rings. The van der Waals surface area contributed by atoms with Crippen LogP contribution in [0.2, 0.25) is 0 Å². The second-order valence-electron chi connectivity index (χ2n) is 4.54. The van der Waals surface area contributed by atoms with Gasteiger partial charge in [0.15, 0.2) is 4.34 Å². The molecule has 1 aromatic heterocycles. The van der Waals surface area contributed by atoms with E-state index >= 15 is 0 Å². The summed E-state index contributed by atoms with van der Waals surface area (Å²) in [5.41, 5.74) is 5.95. The summed E-state index contributed by atoms with van der Waals surface area (Å²) in [6, 6.07) is 6.60. The molecule has 1 heterocycles. The van der Waals surface area contributed by atoms with Crippen molar-refractivity contribution < 1.29 is 14.3 Å². The Bertz CT molecular complexity index is 707. The van der Waals surface area contributed by atoms with Gasteiger partial charge in [-0.1, -0.05) is 35.2 Å². The summed E-state index contributed by atoms with van der Waals surface area (Å²) in [6.07, 6.45) is 0. The van der Waals surface area contributed by atoms with Crippen molar-refractivity contribution in [1.29, 1.82) is 0 Å². The van der Waals surface area contributed by atoms with Crippen LogP contribution >= 0.6 is 23.1 Å². The van der Waals surface area contributed by atoms with Crippen LogP contribution in [0.25, 0.3) is 0 Å². The first kappa shape index (κ1) is 18.2. The van der Waals surface area contributed by atoms with Gasteiger partial charge < -0.3 is 21.1 Å². The summed E-state index contributed by atoms with van der Waals surface area (Å²) in [6.45, 7) is 1.21. The predicted molar refractivity (Wildman–Crippen MR) is 94.6 cm³/mol. The molecule has 0 saturated carbocycles. The average molecular weight is 367 g/mol. The molecular formula is C14H17N5O3S2. The van der Waals surface area contributed by atoms with Crippen molar-refractivity contribution in [1.82, 2.24) is 10.2 Å². The smallest absolute Gasteiger partial charge is 0.250 e. The third-order valence-electron chi connectivity index (χ3n) is 2.78. The first-order chi connectivity index (χ1) is 11.6. The van der Waals surface area contributed by atoms with Gasteiger partial charge in [0.25, 0.3) is 5.91 Å². The van der Waals surface area contributed by atoms with E-state index in [0.717, 1.165) is 0 Å². The summed E-state index contributed by atoms with van der Waals surface area (Å²) < 4.78 is 5.61. The number of methoxy groups -OCH3 is 1. The second kappa shape index (κ2) is 9.21. The first-order valence-corrected chi connectivity index (χ1v) is 8.78. The molecule has 2 rings (SSSR count). The van der Waals surface area contributed by atoms with Crippen LogP contribution in [0.4, 0.5) is 10.8 Å². The number of nitrogens with two attached hydrogens (primary N) is 1. The Morgan fingerprint density at radius 3 is 2.88 bits per heavy atom. The molecule has 4 N–H and O–H groups in total. The summed E-state index contributed by atoms with van der Waals surface area (Å²) >= 11 is 2.63. The lowest BCUT2D eigenvalue weighted by Crippen LogP contribution is -2.19. The van der Waals surface area contributed by atoms with E-state index in [9.17, 15) is 9.59 Å². The normalized spacial score (nSPS) is 10.4. The van der Waals surface area contributed by atoms with Crippen LogP contribution in [-0.4, -0.2) is 48.0 Å². The SMILES string of the molecule is COCCNc1nnc(SCC(=O)Nc2ccccc2C(N)=O)s1. The summed E-state index contributed by atoms with van der Waals surface area (Å²) in [5.74, 6) is -0.688. The molecule has 0 atom stereocenters. The molecule has 0 radical (unpaired) electrons. The van der Waals surface area contributed by atoms with Gasteiger partial charge in [0.05, 0.1) is 23.6 Å². The Hall–Kier alpha value is -2.17. The highest BCUT2D eigenvalue weighted by atomic mass is 32.2. The zero-order valence-electron chi connectivity index (χ0n) is 12.9. The molecule has 0 saturated heterocycles. The number of primary amides is 1. The largest absolute Gasteiger partial charge is 0.383 e. The molecule has 0 aliphatic carbocycles. The van der Waals surface area contributed by atoms with Crippen molar-refractivity contribution in [2.75, 3.05) is 36.6 Å². The number of benzene rings is 1. The molecule has 0 unspecified atom stereocenters. The van der Waals surface area contributed by atoms with E-state index < -0.39 is 5.91 Å². The zero-order valence-corrected chi connectivity index (χ0v) is 14.6. The molecule has 0 bridgehead atoms. The van der Waals surface area contributed by atoms with Crippen LogP contribution < -0.4 is 16.4 Å². The number of para-hydroxylation sites is 1. The highest BCUT2D eigenvalue weighted by Gasteiger charge is 2.12. The predicted octanol–water partition coefficient (Wildman–Crippen LogP) is 1.43. The van der Waals surface area contributed by atoms with Gasteiger partial charge in [-0.05, 0) is 12.1 Å². The van der Waals surface area contributed by atoms with Crippen LogP contribution in [0.5, 0.6) is 0 Å². The van der Waals surface area contributed by atoms with E-state index in [0.29, 0.717) is 28.3 Å². The van der Waals surface area contributed by atoms with E-state index in [4.69, 9.17) is 10.5 Å². The Kier molecular flexibility index (Phi) is 6.97. The van der Waals surface area contributed by atoms with Gasteiger partial charge >= 0.3 is 0 Å². The van der Waals surface area contributed by atoms with Crippen LogP contribution in [-0.2, 0) is 9.53 Å².